The molecule has 5 heteroatoms. The van der Waals surface area contributed by atoms with Crippen molar-refractivity contribution in [2.24, 2.45) is 0 Å². The minimum absolute atomic E-state index is 0.0549. The maximum Gasteiger partial charge on any atom is 0.251 e. The van der Waals surface area contributed by atoms with Crippen LogP contribution in [0.4, 0.5) is 0 Å². The van der Waals surface area contributed by atoms with Crippen molar-refractivity contribution >= 4 is 5.91 Å². The van der Waals surface area contributed by atoms with Crippen LogP contribution < -0.4 is 20.1 Å². The summed E-state index contributed by atoms with van der Waals surface area (Å²) in [5.74, 6) is 1.31. The molecule has 5 nitrogen and oxygen atoms in total. The van der Waals surface area contributed by atoms with Crippen LogP contribution in [-0.2, 0) is 0 Å². The summed E-state index contributed by atoms with van der Waals surface area (Å²) in [6.07, 6.45) is 0.982. The standard InChI is InChI=1S/C13H16N2O3/c16-13(15-10-3-4-14-8-10)9-1-2-11-12(7-9)18-6-5-17-11/h1-2,7,10,14H,3-6,8H2,(H,15,16). The second-order valence-electron chi connectivity index (χ2n) is 4.52. The second kappa shape index (κ2) is 4.86. The van der Waals surface area contributed by atoms with Gasteiger partial charge < -0.3 is 20.1 Å². The zero-order valence-electron chi connectivity index (χ0n) is 10.1. The summed E-state index contributed by atoms with van der Waals surface area (Å²) < 4.78 is 10.9. The number of hydrogen-bond donors (Lipinski definition) is 2. The Morgan fingerprint density at radius 3 is 2.89 bits per heavy atom. The minimum Gasteiger partial charge on any atom is -0.486 e. The Labute approximate surface area is 105 Å². The van der Waals surface area contributed by atoms with Crippen LogP contribution >= 0.6 is 0 Å². The molecule has 0 spiro atoms. The van der Waals surface area contributed by atoms with Crippen LogP contribution in [0.3, 0.4) is 0 Å². The largest absolute Gasteiger partial charge is 0.486 e. The number of nitrogens with one attached hydrogen (secondary N) is 2. The van der Waals surface area contributed by atoms with Crippen LogP contribution in [0.15, 0.2) is 18.2 Å². The van der Waals surface area contributed by atoms with Gasteiger partial charge >= 0.3 is 0 Å². The minimum atomic E-state index is -0.0549. The molecule has 0 bridgehead atoms. The molecule has 1 saturated heterocycles. The van der Waals surface area contributed by atoms with Crippen LogP contribution in [0, 0.1) is 0 Å². The van der Waals surface area contributed by atoms with Crippen molar-refractivity contribution in [3.05, 3.63) is 23.8 Å². The highest BCUT2D eigenvalue weighted by atomic mass is 16.6. The smallest absolute Gasteiger partial charge is 0.251 e. The first kappa shape index (κ1) is 11.3. The number of fused-ring (bicyclic) bond motifs is 1. The number of carbonyl (C=O) groups excluding carboxylic acids is 1. The summed E-state index contributed by atoms with van der Waals surface area (Å²) in [6, 6.07) is 5.53. The van der Waals surface area contributed by atoms with Crippen LogP contribution in [0.1, 0.15) is 16.8 Å². The van der Waals surface area contributed by atoms with Crippen molar-refractivity contribution in [1.29, 1.82) is 0 Å². The molecule has 1 aromatic rings. The molecule has 96 valence electrons. The summed E-state index contributed by atoms with van der Waals surface area (Å²) in [7, 11) is 0. The van der Waals surface area contributed by atoms with Crippen LogP contribution in [0.2, 0.25) is 0 Å². The lowest BCUT2D eigenvalue weighted by atomic mass is 10.1. The van der Waals surface area contributed by atoms with Gasteiger partial charge in [0.2, 0.25) is 0 Å². The van der Waals surface area contributed by atoms with Gasteiger partial charge in [0.1, 0.15) is 13.2 Å². The molecule has 1 amide bonds. The maximum atomic E-state index is 12.1. The average Bonchev–Trinajstić information content (AvgIpc) is 2.91. The fraction of sp³-hybridized carbons (Fsp3) is 0.462. The molecular weight excluding hydrogens is 232 g/mol. The molecule has 1 unspecified atom stereocenters. The van der Waals surface area contributed by atoms with Crippen molar-refractivity contribution in [2.75, 3.05) is 26.3 Å². The topological polar surface area (TPSA) is 59.6 Å². The number of amides is 1. The van der Waals surface area contributed by atoms with Crippen LogP contribution in [-0.4, -0.2) is 38.3 Å². The van der Waals surface area contributed by atoms with Gasteiger partial charge in [0.05, 0.1) is 0 Å². The fourth-order valence-corrected chi connectivity index (χ4v) is 2.23. The second-order valence-corrected chi connectivity index (χ2v) is 4.52. The van der Waals surface area contributed by atoms with Crippen molar-refractivity contribution < 1.29 is 14.3 Å². The molecule has 2 heterocycles. The SMILES string of the molecule is O=C(NC1CCNC1)c1ccc2c(c1)OCCO2. The van der Waals surface area contributed by atoms with E-state index in [2.05, 4.69) is 10.6 Å². The molecule has 1 fully saturated rings. The molecule has 1 atom stereocenters. The first-order valence-electron chi connectivity index (χ1n) is 6.24. The molecule has 18 heavy (non-hydrogen) atoms. The van der Waals surface area contributed by atoms with E-state index in [0.717, 1.165) is 19.5 Å². The highest BCUT2D eigenvalue weighted by Gasteiger charge is 2.19. The quantitative estimate of drug-likeness (QED) is 0.802. The zero-order valence-corrected chi connectivity index (χ0v) is 10.1. The van der Waals surface area contributed by atoms with Crippen molar-refractivity contribution in [3.63, 3.8) is 0 Å². The number of rotatable bonds is 2. The Balaban J connectivity index is 1.73. The molecule has 1 aromatic carbocycles. The van der Waals surface area contributed by atoms with E-state index in [9.17, 15) is 4.79 Å². The predicted molar refractivity (Wildman–Crippen MR) is 66.2 cm³/mol. The summed E-state index contributed by atoms with van der Waals surface area (Å²) in [6.45, 7) is 2.90. The van der Waals surface area contributed by atoms with Gasteiger partial charge in [-0.3, -0.25) is 4.79 Å². The van der Waals surface area contributed by atoms with E-state index >= 15 is 0 Å². The van der Waals surface area contributed by atoms with Gasteiger partial charge in [-0.25, -0.2) is 0 Å². The number of carbonyl (C=O) groups is 1. The number of benzene rings is 1. The van der Waals surface area contributed by atoms with Gasteiger partial charge in [-0.1, -0.05) is 0 Å². The van der Waals surface area contributed by atoms with E-state index in [1.165, 1.54) is 0 Å². The van der Waals surface area contributed by atoms with E-state index in [0.29, 0.717) is 30.3 Å². The van der Waals surface area contributed by atoms with E-state index in [1.807, 2.05) is 0 Å². The maximum absolute atomic E-state index is 12.1. The lowest BCUT2D eigenvalue weighted by Crippen LogP contribution is -2.36. The monoisotopic (exact) mass is 248 g/mol. The van der Waals surface area contributed by atoms with E-state index < -0.39 is 0 Å². The van der Waals surface area contributed by atoms with Gasteiger partial charge in [0.15, 0.2) is 11.5 Å². The van der Waals surface area contributed by atoms with Crippen LogP contribution in [0.5, 0.6) is 11.5 Å². The van der Waals surface area contributed by atoms with Gasteiger partial charge in [-0.05, 0) is 31.2 Å². The van der Waals surface area contributed by atoms with Gasteiger partial charge in [0, 0.05) is 18.2 Å². The first-order chi connectivity index (χ1) is 8.83. The Morgan fingerprint density at radius 1 is 1.28 bits per heavy atom. The predicted octanol–water partition coefficient (Wildman–Crippen LogP) is 0.549. The molecule has 2 aliphatic rings. The molecule has 2 aliphatic heterocycles. The number of hydrogen-bond acceptors (Lipinski definition) is 4. The van der Waals surface area contributed by atoms with E-state index in [1.54, 1.807) is 18.2 Å². The highest BCUT2D eigenvalue weighted by Crippen LogP contribution is 2.30. The Bertz CT molecular complexity index is 456. The van der Waals surface area contributed by atoms with Gasteiger partial charge in [-0.15, -0.1) is 0 Å². The van der Waals surface area contributed by atoms with Crippen LogP contribution in [0.25, 0.3) is 0 Å². The molecule has 0 aliphatic carbocycles. The lowest BCUT2D eigenvalue weighted by Gasteiger charge is -2.19. The van der Waals surface area contributed by atoms with Crippen molar-refractivity contribution in [2.45, 2.75) is 12.5 Å². The summed E-state index contributed by atoms with van der Waals surface area (Å²) in [4.78, 5) is 12.1. The third-order valence-electron chi connectivity index (χ3n) is 3.20. The third-order valence-corrected chi connectivity index (χ3v) is 3.20. The highest BCUT2D eigenvalue weighted by molar-refractivity contribution is 5.95. The lowest BCUT2D eigenvalue weighted by molar-refractivity contribution is 0.0939. The normalized spacial score (nSPS) is 21.7. The van der Waals surface area contributed by atoms with Crippen molar-refractivity contribution in [3.8, 4) is 11.5 Å². The van der Waals surface area contributed by atoms with Crippen molar-refractivity contribution in [1.82, 2.24) is 10.6 Å². The molecule has 2 N–H and O–H groups in total. The molecular formula is C13H16N2O3. The summed E-state index contributed by atoms with van der Waals surface area (Å²) >= 11 is 0. The Kier molecular flexibility index (Phi) is 3.06. The Morgan fingerprint density at radius 2 is 2.11 bits per heavy atom. The first-order valence-corrected chi connectivity index (χ1v) is 6.24. The van der Waals surface area contributed by atoms with Gasteiger partial charge in [-0.2, -0.15) is 0 Å². The number of ether oxygens (including phenoxy) is 2. The molecule has 3 rings (SSSR count). The summed E-state index contributed by atoms with van der Waals surface area (Å²) in [5, 5.41) is 6.22. The van der Waals surface area contributed by atoms with Gasteiger partial charge in [0.25, 0.3) is 5.91 Å². The fourth-order valence-electron chi connectivity index (χ4n) is 2.23. The molecule has 0 radical (unpaired) electrons. The van der Waals surface area contributed by atoms with E-state index in [4.69, 9.17) is 9.47 Å². The Hall–Kier alpha value is -1.75. The third kappa shape index (κ3) is 2.26. The zero-order chi connectivity index (χ0) is 12.4. The molecule has 0 aromatic heterocycles. The summed E-state index contributed by atoms with van der Waals surface area (Å²) in [5.41, 5.74) is 0.617. The van der Waals surface area contributed by atoms with E-state index in [-0.39, 0.29) is 11.9 Å². The molecule has 0 saturated carbocycles. The average molecular weight is 248 g/mol.